The fourth-order valence-corrected chi connectivity index (χ4v) is 2.26. The predicted molar refractivity (Wildman–Crippen MR) is 75.8 cm³/mol. The van der Waals surface area contributed by atoms with Crippen molar-refractivity contribution in [1.29, 1.82) is 0 Å². The van der Waals surface area contributed by atoms with Gasteiger partial charge in [-0.05, 0) is 40.9 Å². The summed E-state index contributed by atoms with van der Waals surface area (Å²) in [5.74, 6) is -0.918. The van der Waals surface area contributed by atoms with Crippen molar-refractivity contribution in [3.8, 4) is 0 Å². The lowest BCUT2D eigenvalue weighted by Crippen LogP contribution is -2.22. The summed E-state index contributed by atoms with van der Waals surface area (Å²) in [5.41, 5.74) is 2.35. The van der Waals surface area contributed by atoms with Crippen molar-refractivity contribution in [2.75, 3.05) is 17.7 Å². The van der Waals surface area contributed by atoms with E-state index in [1.54, 1.807) is 0 Å². The fourth-order valence-electron chi connectivity index (χ4n) is 1.67. The molecule has 0 saturated heterocycles. The van der Waals surface area contributed by atoms with E-state index in [2.05, 4.69) is 21.2 Å². The minimum absolute atomic E-state index is 0.0987. The van der Waals surface area contributed by atoms with Crippen LogP contribution in [0.3, 0.4) is 0 Å². The van der Waals surface area contributed by atoms with Gasteiger partial charge in [0.25, 0.3) is 0 Å². The minimum atomic E-state index is -1.02. The zero-order chi connectivity index (χ0) is 13.9. The lowest BCUT2D eigenvalue weighted by Gasteiger charge is -2.17. The molecule has 0 fully saturated rings. The maximum absolute atomic E-state index is 11.3. The summed E-state index contributed by atoms with van der Waals surface area (Å²) in [6, 6.07) is 1.88. The van der Waals surface area contributed by atoms with Gasteiger partial charge in [0.2, 0.25) is 0 Å². The van der Waals surface area contributed by atoms with Crippen molar-refractivity contribution in [3.63, 3.8) is 0 Å². The van der Waals surface area contributed by atoms with E-state index in [0.717, 1.165) is 11.1 Å². The normalized spacial score (nSPS) is 12.3. The van der Waals surface area contributed by atoms with Crippen molar-refractivity contribution in [2.45, 2.75) is 20.0 Å². The number of aromatic carboxylic acids is 1. The van der Waals surface area contributed by atoms with Gasteiger partial charge in [-0.15, -0.1) is 11.6 Å². The summed E-state index contributed by atoms with van der Waals surface area (Å²) in [5, 5.41) is 21.6. The number of halogens is 2. The molecule has 0 heterocycles. The summed E-state index contributed by atoms with van der Waals surface area (Å²) in [6.45, 7) is 3.86. The highest BCUT2D eigenvalue weighted by Crippen LogP contribution is 2.31. The molecule has 0 bridgehead atoms. The number of hydrogen-bond donors (Lipinski definition) is 3. The van der Waals surface area contributed by atoms with Crippen LogP contribution in [0, 0.1) is 13.8 Å². The number of carboxylic acid groups (broad SMARTS) is 1. The van der Waals surface area contributed by atoms with Crippen LogP contribution in [0.5, 0.6) is 0 Å². The number of carboxylic acids is 1. The standard InChI is InChI=1S/C12H15BrClNO3/c1-6-3-7(2)11(15-5-8(16)4-14)9(10(6)13)12(17)18/h3,8,15-16H,4-5H2,1-2H3,(H,17,18). The zero-order valence-electron chi connectivity index (χ0n) is 10.1. The van der Waals surface area contributed by atoms with Crippen LogP contribution in [0.2, 0.25) is 0 Å². The SMILES string of the molecule is Cc1cc(C)c(NCC(O)CCl)c(C(=O)O)c1Br. The van der Waals surface area contributed by atoms with E-state index >= 15 is 0 Å². The Morgan fingerprint density at radius 1 is 1.50 bits per heavy atom. The Labute approximate surface area is 119 Å². The summed E-state index contributed by atoms with van der Waals surface area (Å²) in [6.07, 6.45) is -0.715. The lowest BCUT2D eigenvalue weighted by atomic mass is 10.0. The van der Waals surface area contributed by atoms with Gasteiger partial charge in [0.15, 0.2) is 0 Å². The molecule has 1 aromatic carbocycles. The Morgan fingerprint density at radius 2 is 2.11 bits per heavy atom. The molecule has 0 amide bonds. The summed E-state index contributed by atoms with van der Waals surface area (Å²) in [4.78, 5) is 11.3. The Balaban J connectivity index is 3.16. The second-order valence-corrected chi connectivity index (χ2v) is 5.17. The maximum atomic E-state index is 11.3. The van der Waals surface area contributed by atoms with E-state index in [1.165, 1.54) is 0 Å². The molecule has 6 heteroatoms. The number of nitrogens with one attached hydrogen (secondary N) is 1. The molecule has 4 nitrogen and oxygen atoms in total. The number of aliphatic hydroxyl groups excluding tert-OH is 1. The second kappa shape index (κ2) is 6.41. The number of hydrogen-bond acceptors (Lipinski definition) is 3. The van der Waals surface area contributed by atoms with E-state index in [-0.39, 0.29) is 18.0 Å². The largest absolute Gasteiger partial charge is 0.478 e. The fraction of sp³-hybridized carbons (Fsp3) is 0.417. The van der Waals surface area contributed by atoms with Gasteiger partial charge in [-0.25, -0.2) is 4.79 Å². The summed E-state index contributed by atoms with van der Waals surface area (Å²) < 4.78 is 0.545. The molecule has 0 spiro atoms. The summed E-state index contributed by atoms with van der Waals surface area (Å²) in [7, 11) is 0. The molecule has 0 aliphatic heterocycles. The van der Waals surface area contributed by atoms with E-state index in [0.29, 0.717) is 10.2 Å². The van der Waals surface area contributed by atoms with Crippen LogP contribution in [-0.2, 0) is 0 Å². The van der Waals surface area contributed by atoms with E-state index in [9.17, 15) is 15.0 Å². The lowest BCUT2D eigenvalue weighted by molar-refractivity contribution is 0.0696. The van der Waals surface area contributed by atoms with Gasteiger partial charge in [-0.3, -0.25) is 0 Å². The number of rotatable bonds is 5. The highest BCUT2D eigenvalue weighted by atomic mass is 79.9. The van der Waals surface area contributed by atoms with Gasteiger partial charge in [0, 0.05) is 11.0 Å². The highest BCUT2D eigenvalue weighted by molar-refractivity contribution is 9.10. The average Bonchev–Trinajstić information content (AvgIpc) is 2.30. The van der Waals surface area contributed by atoms with Gasteiger partial charge in [0.1, 0.15) is 0 Å². The van der Waals surface area contributed by atoms with Crippen molar-refractivity contribution >= 4 is 39.2 Å². The number of benzene rings is 1. The molecule has 0 aromatic heterocycles. The van der Waals surface area contributed by atoms with E-state index in [4.69, 9.17) is 11.6 Å². The Hall–Kier alpha value is -0.780. The molecular formula is C12H15BrClNO3. The third-order valence-corrected chi connectivity index (χ3v) is 3.93. The van der Waals surface area contributed by atoms with Crippen molar-refractivity contribution in [1.82, 2.24) is 0 Å². The van der Waals surface area contributed by atoms with Gasteiger partial charge >= 0.3 is 5.97 Å². The monoisotopic (exact) mass is 335 g/mol. The number of carbonyl (C=O) groups is 1. The van der Waals surface area contributed by atoms with Gasteiger partial charge in [-0.1, -0.05) is 6.07 Å². The third-order valence-electron chi connectivity index (χ3n) is 2.55. The van der Waals surface area contributed by atoms with Gasteiger partial charge in [0.05, 0.1) is 23.2 Å². The Morgan fingerprint density at radius 3 is 2.61 bits per heavy atom. The highest BCUT2D eigenvalue weighted by Gasteiger charge is 2.19. The molecule has 18 heavy (non-hydrogen) atoms. The quantitative estimate of drug-likeness (QED) is 0.723. The first-order valence-corrected chi connectivity index (χ1v) is 6.72. The molecule has 0 aliphatic carbocycles. The van der Waals surface area contributed by atoms with E-state index < -0.39 is 12.1 Å². The molecule has 0 radical (unpaired) electrons. The summed E-state index contributed by atoms with van der Waals surface area (Å²) >= 11 is 8.78. The van der Waals surface area contributed by atoms with Crippen LogP contribution in [0.4, 0.5) is 5.69 Å². The van der Waals surface area contributed by atoms with Crippen molar-refractivity contribution in [3.05, 3.63) is 27.2 Å². The molecule has 1 unspecified atom stereocenters. The first-order chi connectivity index (χ1) is 8.38. The number of aryl methyl sites for hydroxylation is 2. The van der Waals surface area contributed by atoms with Crippen molar-refractivity contribution < 1.29 is 15.0 Å². The van der Waals surface area contributed by atoms with Crippen LogP contribution in [0.25, 0.3) is 0 Å². The van der Waals surface area contributed by atoms with Crippen molar-refractivity contribution in [2.24, 2.45) is 0 Å². The first-order valence-electron chi connectivity index (χ1n) is 5.39. The minimum Gasteiger partial charge on any atom is -0.478 e. The molecule has 0 saturated carbocycles. The van der Waals surface area contributed by atoms with Crippen LogP contribution < -0.4 is 5.32 Å². The zero-order valence-corrected chi connectivity index (χ0v) is 12.5. The topological polar surface area (TPSA) is 69.6 Å². The Kier molecular flexibility index (Phi) is 5.44. The molecule has 1 atom stereocenters. The van der Waals surface area contributed by atoms with Crippen LogP contribution >= 0.6 is 27.5 Å². The average molecular weight is 337 g/mol. The molecule has 100 valence electrons. The first kappa shape index (κ1) is 15.3. The van der Waals surface area contributed by atoms with Crippen LogP contribution in [-0.4, -0.2) is 34.7 Å². The van der Waals surface area contributed by atoms with Gasteiger partial charge < -0.3 is 15.5 Å². The molecule has 1 rings (SSSR count). The molecular weight excluding hydrogens is 321 g/mol. The molecule has 0 aliphatic rings. The predicted octanol–water partition coefficient (Wildman–Crippen LogP) is 2.78. The van der Waals surface area contributed by atoms with Crippen LogP contribution in [0.1, 0.15) is 21.5 Å². The van der Waals surface area contributed by atoms with E-state index in [1.807, 2.05) is 19.9 Å². The van der Waals surface area contributed by atoms with Crippen LogP contribution in [0.15, 0.2) is 10.5 Å². The molecule has 1 aromatic rings. The number of alkyl halides is 1. The maximum Gasteiger partial charge on any atom is 0.338 e. The smallest absolute Gasteiger partial charge is 0.338 e. The number of aliphatic hydroxyl groups is 1. The second-order valence-electron chi connectivity index (χ2n) is 4.07. The molecule has 3 N–H and O–H groups in total. The Bertz CT molecular complexity index is 465. The third kappa shape index (κ3) is 3.37. The number of anilines is 1. The van der Waals surface area contributed by atoms with Gasteiger partial charge in [-0.2, -0.15) is 0 Å².